The Labute approximate surface area is 91.0 Å². The lowest BCUT2D eigenvalue weighted by atomic mass is 10.1. The van der Waals surface area contributed by atoms with Crippen LogP contribution in [-0.2, 0) is 6.54 Å². The zero-order chi connectivity index (χ0) is 11.5. The second kappa shape index (κ2) is 4.32. The molecule has 1 heterocycles. The van der Waals surface area contributed by atoms with E-state index < -0.39 is 11.6 Å². The van der Waals surface area contributed by atoms with E-state index in [-0.39, 0.29) is 12.1 Å². The second-order valence-electron chi connectivity index (χ2n) is 3.19. The fourth-order valence-corrected chi connectivity index (χ4v) is 1.34. The Morgan fingerprint density at radius 2 is 2.00 bits per heavy atom. The van der Waals surface area contributed by atoms with Crippen molar-refractivity contribution >= 4 is 0 Å². The summed E-state index contributed by atoms with van der Waals surface area (Å²) in [4.78, 5) is 7.90. The van der Waals surface area contributed by atoms with Crippen molar-refractivity contribution in [3.63, 3.8) is 0 Å². The number of benzene rings is 1. The quantitative estimate of drug-likeness (QED) is 0.842. The smallest absolute Gasteiger partial charge is 0.142 e. The standard InChI is InChI=1S/C11H9F2N3/c12-7-1-2-9(13)8(5-7)10-3-4-15-11(6-14)16-10/h1-5H,6,14H2. The molecule has 0 amide bonds. The molecule has 2 aromatic rings. The number of hydrogen-bond acceptors (Lipinski definition) is 3. The van der Waals surface area contributed by atoms with Crippen molar-refractivity contribution in [2.24, 2.45) is 5.73 Å². The summed E-state index contributed by atoms with van der Waals surface area (Å²) in [6.45, 7) is 0.158. The van der Waals surface area contributed by atoms with Gasteiger partial charge in [-0.2, -0.15) is 0 Å². The third-order valence-electron chi connectivity index (χ3n) is 2.09. The van der Waals surface area contributed by atoms with Crippen LogP contribution in [0.1, 0.15) is 5.82 Å². The summed E-state index contributed by atoms with van der Waals surface area (Å²) in [6, 6.07) is 4.73. The Bertz CT molecular complexity index is 514. The fraction of sp³-hybridized carbons (Fsp3) is 0.0909. The first-order valence-electron chi connectivity index (χ1n) is 4.68. The van der Waals surface area contributed by atoms with Gasteiger partial charge in [0.2, 0.25) is 0 Å². The molecule has 5 heteroatoms. The highest BCUT2D eigenvalue weighted by atomic mass is 19.1. The van der Waals surface area contributed by atoms with Crippen molar-refractivity contribution in [3.8, 4) is 11.3 Å². The number of nitrogens with two attached hydrogens (primary N) is 1. The second-order valence-corrected chi connectivity index (χ2v) is 3.19. The largest absolute Gasteiger partial charge is 0.324 e. The Morgan fingerprint density at radius 3 is 2.75 bits per heavy atom. The summed E-state index contributed by atoms with van der Waals surface area (Å²) >= 11 is 0. The highest BCUT2D eigenvalue weighted by molar-refractivity contribution is 5.59. The van der Waals surface area contributed by atoms with Gasteiger partial charge in [-0.3, -0.25) is 0 Å². The number of halogens is 2. The van der Waals surface area contributed by atoms with Crippen LogP contribution in [-0.4, -0.2) is 9.97 Å². The molecule has 0 saturated heterocycles. The molecule has 82 valence electrons. The van der Waals surface area contributed by atoms with Crippen LogP contribution in [0.3, 0.4) is 0 Å². The van der Waals surface area contributed by atoms with E-state index in [0.29, 0.717) is 11.5 Å². The molecule has 0 fully saturated rings. The fourth-order valence-electron chi connectivity index (χ4n) is 1.34. The Morgan fingerprint density at radius 1 is 1.19 bits per heavy atom. The van der Waals surface area contributed by atoms with Crippen LogP contribution >= 0.6 is 0 Å². The van der Waals surface area contributed by atoms with E-state index in [9.17, 15) is 8.78 Å². The summed E-state index contributed by atoms with van der Waals surface area (Å²) in [5.41, 5.74) is 5.81. The van der Waals surface area contributed by atoms with Gasteiger partial charge >= 0.3 is 0 Å². The lowest BCUT2D eigenvalue weighted by Crippen LogP contribution is -2.03. The van der Waals surface area contributed by atoms with Crippen molar-refractivity contribution in [1.29, 1.82) is 0 Å². The van der Waals surface area contributed by atoms with Gasteiger partial charge in [0, 0.05) is 11.8 Å². The van der Waals surface area contributed by atoms with Gasteiger partial charge in [0.15, 0.2) is 0 Å². The normalized spacial score (nSPS) is 10.4. The maximum atomic E-state index is 13.4. The first kappa shape index (κ1) is 10.6. The molecule has 2 rings (SSSR count). The van der Waals surface area contributed by atoms with Crippen LogP contribution in [0.25, 0.3) is 11.3 Å². The number of aromatic nitrogens is 2. The zero-order valence-corrected chi connectivity index (χ0v) is 8.32. The summed E-state index contributed by atoms with van der Waals surface area (Å²) in [7, 11) is 0. The van der Waals surface area contributed by atoms with Crippen molar-refractivity contribution in [1.82, 2.24) is 9.97 Å². The molecule has 0 unspecified atom stereocenters. The van der Waals surface area contributed by atoms with Gasteiger partial charge in [-0.05, 0) is 24.3 Å². The first-order valence-corrected chi connectivity index (χ1v) is 4.68. The van der Waals surface area contributed by atoms with Crippen LogP contribution < -0.4 is 5.73 Å². The third-order valence-corrected chi connectivity index (χ3v) is 2.09. The minimum Gasteiger partial charge on any atom is -0.324 e. The molecule has 16 heavy (non-hydrogen) atoms. The van der Waals surface area contributed by atoms with Crippen molar-refractivity contribution in [2.45, 2.75) is 6.54 Å². The summed E-state index contributed by atoms with van der Waals surface area (Å²) in [5, 5.41) is 0. The minimum atomic E-state index is -0.525. The van der Waals surface area contributed by atoms with Crippen LogP contribution in [0.4, 0.5) is 8.78 Å². The number of rotatable bonds is 2. The van der Waals surface area contributed by atoms with Crippen LogP contribution in [0.5, 0.6) is 0 Å². The Balaban J connectivity index is 2.53. The van der Waals surface area contributed by atoms with Crippen LogP contribution in [0.2, 0.25) is 0 Å². The average Bonchev–Trinajstić information content (AvgIpc) is 2.32. The van der Waals surface area contributed by atoms with Gasteiger partial charge in [-0.1, -0.05) is 0 Å². The molecular formula is C11H9F2N3. The molecule has 0 atom stereocenters. The molecule has 0 aliphatic carbocycles. The molecule has 1 aromatic carbocycles. The topological polar surface area (TPSA) is 51.8 Å². The van der Waals surface area contributed by atoms with Gasteiger partial charge in [0.05, 0.1) is 12.2 Å². The number of nitrogens with zero attached hydrogens (tertiary/aromatic N) is 2. The average molecular weight is 221 g/mol. The lowest BCUT2D eigenvalue weighted by molar-refractivity contribution is 0.602. The van der Waals surface area contributed by atoms with E-state index >= 15 is 0 Å². The third kappa shape index (κ3) is 2.04. The molecule has 0 bridgehead atoms. The molecule has 2 N–H and O–H groups in total. The molecule has 0 aliphatic rings. The van der Waals surface area contributed by atoms with Gasteiger partial charge in [0.1, 0.15) is 17.5 Å². The monoisotopic (exact) mass is 221 g/mol. The maximum Gasteiger partial charge on any atom is 0.142 e. The van der Waals surface area contributed by atoms with Crippen LogP contribution in [0.15, 0.2) is 30.5 Å². The Kier molecular flexibility index (Phi) is 2.87. The molecule has 1 aromatic heterocycles. The maximum absolute atomic E-state index is 13.4. The molecule has 0 saturated carbocycles. The van der Waals surface area contributed by atoms with E-state index in [1.165, 1.54) is 12.3 Å². The summed E-state index contributed by atoms with van der Waals surface area (Å²) in [6.07, 6.45) is 1.47. The summed E-state index contributed by atoms with van der Waals surface area (Å²) < 4.78 is 26.4. The molecule has 0 spiro atoms. The zero-order valence-electron chi connectivity index (χ0n) is 8.32. The van der Waals surface area contributed by atoms with E-state index in [4.69, 9.17) is 5.73 Å². The van der Waals surface area contributed by atoms with E-state index in [1.807, 2.05) is 0 Å². The van der Waals surface area contributed by atoms with Crippen LogP contribution in [0, 0.1) is 11.6 Å². The predicted octanol–water partition coefficient (Wildman–Crippen LogP) is 1.88. The SMILES string of the molecule is NCc1nccc(-c2cc(F)ccc2F)n1. The highest BCUT2D eigenvalue weighted by Crippen LogP contribution is 2.21. The number of hydrogen-bond donors (Lipinski definition) is 1. The molecule has 0 radical (unpaired) electrons. The van der Waals surface area contributed by atoms with E-state index in [1.54, 1.807) is 0 Å². The molecular weight excluding hydrogens is 212 g/mol. The molecule has 0 aliphatic heterocycles. The molecule has 3 nitrogen and oxygen atoms in total. The van der Waals surface area contributed by atoms with Gasteiger partial charge in [0.25, 0.3) is 0 Å². The lowest BCUT2D eigenvalue weighted by Gasteiger charge is -2.03. The van der Waals surface area contributed by atoms with Crippen molar-refractivity contribution in [3.05, 3.63) is 47.9 Å². The predicted molar refractivity (Wildman–Crippen MR) is 55.3 cm³/mol. The first-order chi connectivity index (χ1) is 7.70. The van der Waals surface area contributed by atoms with E-state index in [2.05, 4.69) is 9.97 Å². The minimum absolute atomic E-state index is 0.108. The van der Waals surface area contributed by atoms with E-state index in [0.717, 1.165) is 18.2 Å². The van der Waals surface area contributed by atoms with Gasteiger partial charge in [-0.15, -0.1) is 0 Å². The van der Waals surface area contributed by atoms with Gasteiger partial charge in [-0.25, -0.2) is 18.7 Å². The van der Waals surface area contributed by atoms with Gasteiger partial charge < -0.3 is 5.73 Å². The van der Waals surface area contributed by atoms with Crippen molar-refractivity contribution < 1.29 is 8.78 Å². The van der Waals surface area contributed by atoms with Crippen molar-refractivity contribution in [2.75, 3.05) is 0 Å². The summed E-state index contributed by atoms with van der Waals surface area (Å²) in [5.74, 6) is -0.645. The highest BCUT2D eigenvalue weighted by Gasteiger charge is 2.08. The Hall–Kier alpha value is -1.88.